The summed E-state index contributed by atoms with van der Waals surface area (Å²) in [5.41, 5.74) is -0.431. The normalized spacial score (nSPS) is 12.9. The average Bonchev–Trinajstić information content (AvgIpc) is 2.43. The van der Waals surface area contributed by atoms with Crippen molar-refractivity contribution in [3.63, 3.8) is 0 Å². The molecule has 0 aromatic carbocycles. The largest absolute Gasteiger partial charge is 0.396 e. The van der Waals surface area contributed by atoms with Crippen molar-refractivity contribution in [3.8, 4) is 0 Å². The first-order valence-electron chi connectivity index (χ1n) is 5.02. The monoisotopic (exact) mass is 280 g/mol. The number of hydrogen-bond acceptors (Lipinski definition) is 5. The van der Waals surface area contributed by atoms with Gasteiger partial charge in [0.25, 0.3) is 10.0 Å². The second-order valence-electron chi connectivity index (χ2n) is 4.39. The molecule has 0 bridgehead atoms. The minimum atomic E-state index is -3.72. The van der Waals surface area contributed by atoms with Gasteiger partial charge in [0.15, 0.2) is 4.21 Å². The molecule has 98 valence electrons. The van der Waals surface area contributed by atoms with E-state index in [9.17, 15) is 13.2 Å². The van der Waals surface area contributed by atoms with Crippen molar-refractivity contribution in [2.75, 3.05) is 6.61 Å². The van der Waals surface area contributed by atoms with E-state index in [1.165, 1.54) is 6.92 Å². The summed E-state index contributed by atoms with van der Waals surface area (Å²) in [6, 6.07) is 0. The molecule has 1 rings (SSSR count). The summed E-state index contributed by atoms with van der Waals surface area (Å²) >= 11 is 0.656. The van der Waals surface area contributed by atoms with E-state index in [-0.39, 0.29) is 10.8 Å². The third-order valence-electron chi connectivity index (χ3n) is 2.17. The van der Waals surface area contributed by atoms with Crippen LogP contribution in [0.2, 0.25) is 0 Å². The summed E-state index contributed by atoms with van der Waals surface area (Å²) in [4.78, 5) is 13.1. The quantitative estimate of drug-likeness (QED) is 0.716. The van der Waals surface area contributed by atoms with Gasteiger partial charge in [-0.15, -0.1) is 0 Å². The van der Waals surface area contributed by atoms with Crippen molar-refractivity contribution in [3.05, 3.63) is 15.4 Å². The maximum absolute atomic E-state index is 12.0. The number of thiazole rings is 1. The van der Waals surface area contributed by atoms with Crippen LogP contribution in [-0.4, -0.2) is 30.7 Å². The van der Waals surface area contributed by atoms with Gasteiger partial charge in [-0.2, -0.15) is 0 Å². The van der Waals surface area contributed by atoms with E-state index in [0.29, 0.717) is 23.5 Å². The van der Waals surface area contributed by atoms with Crippen LogP contribution < -0.4 is 9.60 Å². The summed E-state index contributed by atoms with van der Waals surface area (Å²) in [7, 11) is -3.72. The first-order chi connectivity index (χ1) is 7.68. The zero-order valence-corrected chi connectivity index (χ0v) is 11.5. The number of nitrogens with one attached hydrogen (secondary N) is 2. The molecule has 0 atom stereocenters. The fraction of sp³-hybridized carbons (Fsp3) is 0.667. The molecule has 17 heavy (non-hydrogen) atoms. The molecule has 0 spiro atoms. The number of sulfonamides is 1. The van der Waals surface area contributed by atoms with Gasteiger partial charge in [-0.25, -0.2) is 13.1 Å². The lowest BCUT2D eigenvalue weighted by molar-refractivity contribution is 0.246. The molecule has 0 saturated heterocycles. The zero-order chi connectivity index (χ0) is 13.3. The Labute approximate surface area is 104 Å². The lowest BCUT2D eigenvalue weighted by Crippen LogP contribution is -2.43. The highest BCUT2D eigenvalue weighted by molar-refractivity contribution is 7.91. The van der Waals surface area contributed by atoms with Gasteiger partial charge in [0, 0.05) is 17.8 Å². The van der Waals surface area contributed by atoms with Gasteiger partial charge in [0.1, 0.15) is 0 Å². The van der Waals surface area contributed by atoms with Crippen molar-refractivity contribution in [1.82, 2.24) is 9.71 Å². The highest BCUT2D eigenvalue weighted by Gasteiger charge is 2.28. The first kappa shape index (κ1) is 14.4. The summed E-state index contributed by atoms with van der Waals surface area (Å²) in [5.74, 6) is 0. The minimum absolute atomic E-state index is 0.00600. The van der Waals surface area contributed by atoms with E-state index in [1.807, 2.05) is 0 Å². The van der Waals surface area contributed by atoms with Crippen LogP contribution >= 0.6 is 11.3 Å². The zero-order valence-electron chi connectivity index (χ0n) is 9.90. The predicted octanol–water partition coefficient (Wildman–Crippen LogP) is 0.184. The Bertz CT molecular complexity index is 542. The summed E-state index contributed by atoms with van der Waals surface area (Å²) < 4.78 is 26.5. The van der Waals surface area contributed by atoms with Gasteiger partial charge in [0.2, 0.25) is 0 Å². The van der Waals surface area contributed by atoms with Crippen molar-refractivity contribution in [1.29, 1.82) is 0 Å². The number of aromatic amines is 1. The standard InChI is InChI=1S/C9H16N2O4S2/c1-6-7(16-8(13)10-6)17(14,15)11-9(2,3)4-5-12/h11-12H,4-5H2,1-3H3,(H,10,13). The Morgan fingerprint density at radius 3 is 2.47 bits per heavy atom. The van der Waals surface area contributed by atoms with Crippen molar-refractivity contribution in [2.24, 2.45) is 0 Å². The molecule has 0 amide bonds. The molecule has 8 heteroatoms. The Hall–Kier alpha value is -0.700. The lowest BCUT2D eigenvalue weighted by Gasteiger charge is -2.24. The maximum Gasteiger partial charge on any atom is 0.305 e. The number of aryl methyl sites for hydroxylation is 1. The number of aliphatic hydroxyl groups is 1. The van der Waals surface area contributed by atoms with Crippen LogP contribution in [0.3, 0.4) is 0 Å². The molecular weight excluding hydrogens is 264 g/mol. The lowest BCUT2D eigenvalue weighted by atomic mass is 10.0. The molecule has 6 nitrogen and oxygen atoms in total. The van der Waals surface area contributed by atoms with Crippen LogP contribution in [0, 0.1) is 6.92 Å². The smallest absolute Gasteiger partial charge is 0.305 e. The second kappa shape index (κ2) is 4.89. The summed E-state index contributed by atoms with van der Waals surface area (Å²) in [5, 5.41) is 8.84. The van der Waals surface area contributed by atoms with Crippen LogP contribution in [0.15, 0.2) is 9.00 Å². The van der Waals surface area contributed by atoms with E-state index >= 15 is 0 Å². The molecule has 0 aliphatic heterocycles. The first-order valence-corrected chi connectivity index (χ1v) is 7.32. The number of H-pyrrole nitrogens is 1. The van der Waals surface area contributed by atoms with E-state index in [0.717, 1.165) is 0 Å². The van der Waals surface area contributed by atoms with Gasteiger partial charge in [-0.1, -0.05) is 11.3 Å². The Kier molecular flexibility index (Phi) is 4.13. The Morgan fingerprint density at radius 2 is 2.06 bits per heavy atom. The molecule has 0 aliphatic carbocycles. The van der Waals surface area contributed by atoms with E-state index in [4.69, 9.17) is 5.11 Å². The van der Waals surface area contributed by atoms with Crippen LogP contribution in [0.4, 0.5) is 0 Å². The molecule has 1 heterocycles. The topological polar surface area (TPSA) is 99.3 Å². The molecular formula is C9H16N2O4S2. The fourth-order valence-corrected chi connectivity index (χ4v) is 4.13. The van der Waals surface area contributed by atoms with Crippen LogP contribution in [-0.2, 0) is 10.0 Å². The predicted molar refractivity (Wildman–Crippen MR) is 65.8 cm³/mol. The maximum atomic E-state index is 12.0. The van der Waals surface area contributed by atoms with Gasteiger partial charge in [0.05, 0.1) is 0 Å². The third-order valence-corrected chi connectivity index (χ3v) is 5.48. The summed E-state index contributed by atoms with van der Waals surface area (Å²) in [6.45, 7) is 4.76. The number of aromatic nitrogens is 1. The average molecular weight is 280 g/mol. The van der Waals surface area contributed by atoms with Gasteiger partial charge >= 0.3 is 4.87 Å². The molecule has 1 aromatic rings. The van der Waals surface area contributed by atoms with Crippen LogP contribution in [0.25, 0.3) is 0 Å². The highest BCUT2D eigenvalue weighted by atomic mass is 32.2. The van der Waals surface area contributed by atoms with E-state index in [2.05, 4.69) is 9.71 Å². The third kappa shape index (κ3) is 3.63. The second-order valence-corrected chi connectivity index (χ2v) is 7.25. The molecule has 0 saturated carbocycles. The van der Waals surface area contributed by atoms with Gasteiger partial charge < -0.3 is 10.1 Å². The van der Waals surface area contributed by atoms with E-state index < -0.39 is 20.4 Å². The molecule has 0 radical (unpaired) electrons. The number of aliphatic hydroxyl groups excluding tert-OH is 1. The molecule has 0 unspecified atom stereocenters. The Morgan fingerprint density at radius 1 is 1.47 bits per heavy atom. The highest BCUT2D eigenvalue weighted by Crippen LogP contribution is 2.19. The van der Waals surface area contributed by atoms with Gasteiger partial charge in [-0.05, 0) is 27.2 Å². The molecule has 0 fully saturated rings. The SMILES string of the molecule is Cc1[nH]c(=O)sc1S(=O)(=O)NC(C)(C)CCO. The van der Waals surface area contributed by atoms with Gasteiger partial charge in [-0.3, -0.25) is 4.79 Å². The van der Waals surface area contributed by atoms with Crippen LogP contribution in [0.1, 0.15) is 26.0 Å². The Balaban J connectivity index is 3.05. The van der Waals surface area contributed by atoms with Crippen molar-refractivity contribution < 1.29 is 13.5 Å². The molecule has 0 aliphatic rings. The summed E-state index contributed by atoms with van der Waals surface area (Å²) in [6.07, 6.45) is 0.296. The van der Waals surface area contributed by atoms with E-state index in [1.54, 1.807) is 13.8 Å². The molecule has 3 N–H and O–H groups in total. The number of hydrogen-bond donors (Lipinski definition) is 3. The molecule has 1 aromatic heterocycles. The minimum Gasteiger partial charge on any atom is -0.396 e. The fourth-order valence-electron chi connectivity index (χ4n) is 1.39. The van der Waals surface area contributed by atoms with Crippen molar-refractivity contribution >= 4 is 21.4 Å². The van der Waals surface area contributed by atoms with Crippen molar-refractivity contribution in [2.45, 2.75) is 36.9 Å². The van der Waals surface area contributed by atoms with Crippen LogP contribution in [0.5, 0.6) is 0 Å². The number of rotatable bonds is 5.